The number of amides is 1. The van der Waals surface area contributed by atoms with Crippen LogP contribution < -0.4 is 5.32 Å². The fourth-order valence-electron chi connectivity index (χ4n) is 2.39. The van der Waals surface area contributed by atoms with Crippen LogP contribution in [-0.2, 0) is 4.79 Å². The van der Waals surface area contributed by atoms with E-state index in [-0.39, 0.29) is 11.9 Å². The van der Waals surface area contributed by atoms with Crippen molar-refractivity contribution < 1.29 is 9.21 Å². The third kappa shape index (κ3) is 3.81. The Morgan fingerprint density at radius 3 is 2.75 bits per heavy atom. The van der Waals surface area contributed by atoms with Crippen LogP contribution in [0.2, 0.25) is 0 Å². The van der Waals surface area contributed by atoms with E-state index in [1.165, 1.54) is 6.08 Å². The summed E-state index contributed by atoms with van der Waals surface area (Å²) in [5.74, 6) is 0.492. The van der Waals surface area contributed by atoms with Crippen LogP contribution in [0.1, 0.15) is 29.3 Å². The Hall–Kier alpha value is -2.66. The maximum absolute atomic E-state index is 12.1. The van der Waals surface area contributed by atoms with Gasteiger partial charge < -0.3 is 9.73 Å². The van der Waals surface area contributed by atoms with E-state index in [0.29, 0.717) is 5.76 Å². The summed E-state index contributed by atoms with van der Waals surface area (Å²) in [4.78, 5) is 17.7. The lowest BCUT2D eigenvalue weighted by molar-refractivity contribution is -0.117. The van der Waals surface area contributed by atoms with Gasteiger partial charge in [-0.15, -0.1) is 11.3 Å². The number of thiazole rings is 1. The van der Waals surface area contributed by atoms with Crippen LogP contribution in [0.15, 0.2) is 59.2 Å². The van der Waals surface area contributed by atoms with Gasteiger partial charge in [0.05, 0.1) is 22.9 Å². The summed E-state index contributed by atoms with van der Waals surface area (Å²) in [6.07, 6.45) is 4.70. The molecule has 122 valence electrons. The number of hydrogen-bond acceptors (Lipinski definition) is 4. The number of carbonyl (C=O) groups excluding carboxylic acids is 1. The topological polar surface area (TPSA) is 55.1 Å². The largest absolute Gasteiger partial charge is 0.465 e. The van der Waals surface area contributed by atoms with Crippen molar-refractivity contribution in [1.82, 2.24) is 10.3 Å². The van der Waals surface area contributed by atoms with Gasteiger partial charge in [0.15, 0.2) is 0 Å². The van der Waals surface area contributed by atoms with E-state index in [1.807, 2.05) is 44.2 Å². The van der Waals surface area contributed by atoms with Crippen molar-refractivity contribution >= 4 is 23.3 Å². The number of benzene rings is 1. The van der Waals surface area contributed by atoms with Crippen molar-refractivity contribution in [1.29, 1.82) is 0 Å². The molecule has 0 saturated carbocycles. The first-order valence-corrected chi connectivity index (χ1v) is 8.50. The molecule has 0 radical (unpaired) electrons. The molecule has 1 unspecified atom stereocenters. The van der Waals surface area contributed by atoms with Gasteiger partial charge in [-0.25, -0.2) is 4.98 Å². The molecule has 0 fully saturated rings. The third-order valence-electron chi connectivity index (χ3n) is 3.55. The number of rotatable bonds is 5. The van der Waals surface area contributed by atoms with Gasteiger partial charge in [-0.1, -0.05) is 30.3 Å². The normalized spacial score (nSPS) is 12.4. The first kappa shape index (κ1) is 16.2. The van der Waals surface area contributed by atoms with Gasteiger partial charge in [-0.3, -0.25) is 4.79 Å². The number of nitrogens with zero attached hydrogens (tertiary/aromatic N) is 1. The SMILES string of the molecule is Cc1nc(-c2ccccc2)sc1C(C)NC(=O)C=Cc1ccco1. The second-order valence-corrected chi connectivity index (χ2v) is 6.44. The summed E-state index contributed by atoms with van der Waals surface area (Å²) in [6.45, 7) is 3.94. The molecule has 0 spiro atoms. The molecule has 24 heavy (non-hydrogen) atoms. The van der Waals surface area contributed by atoms with Crippen molar-refractivity contribution in [2.75, 3.05) is 0 Å². The third-order valence-corrected chi connectivity index (χ3v) is 4.94. The number of aryl methyl sites for hydroxylation is 1. The minimum absolute atomic E-state index is 0.103. The summed E-state index contributed by atoms with van der Waals surface area (Å²) in [7, 11) is 0. The van der Waals surface area contributed by atoms with Gasteiger partial charge in [0.2, 0.25) is 5.91 Å². The molecule has 1 aromatic carbocycles. The minimum Gasteiger partial charge on any atom is -0.465 e. The minimum atomic E-state index is -0.159. The molecule has 1 amide bonds. The van der Waals surface area contributed by atoms with E-state index < -0.39 is 0 Å². The van der Waals surface area contributed by atoms with Gasteiger partial charge in [0.1, 0.15) is 10.8 Å². The second kappa shape index (κ2) is 7.27. The molecule has 1 atom stereocenters. The zero-order valence-corrected chi connectivity index (χ0v) is 14.3. The van der Waals surface area contributed by atoms with E-state index in [0.717, 1.165) is 21.1 Å². The van der Waals surface area contributed by atoms with E-state index in [4.69, 9.17) is 4.42 Å². The molecule has 0 aliphatic rings. The van der Waals surface area contributed by atoms with Gasteiger partial charge in [0, 0.05) is 11.6 Å². The van der Waals surface area contributed by atoms with Gasteiger partial charge >= 0.3 is 0 Å². The Kier molecular flexibility index (Phi) is 4.91. The fourth-order valence-corrected chi connectivity index (χ4v) is 3.46. The second-order valence-electron chi connectivity index (χ2n) is 5.41. The monoisotopic (exact) mass is 338 g/mol. The molecule has 0 bridgehead atoms. The number of furan rings is 1. The molecule has 2 aromatic heterocycles. The summed E-state index contributed by atoms with van der Waals surface area (Å²) < 4.78 is 5.17. The summed E-state index contributed by atoms with van der Waals surface area (Å²) in [5.41, 5.74) is 2.04. The Bertz CT molecular complexity index is 836. The highest BCUT2D eigenvalue weighted by molar-refractivity contribution is 7.15. The van der Waals surface area contributed by atoms with Crippen molar-refractivity contribution in [2.45, 2.75) is 19.9 Å². The fraction of sp³-hybridized carbons (Fsp3) is 0.158. The van der Waals surface area contributed by atoms with Gasteiger partial charge in [-0.2, -0.15) is 0 Å². The average Bonchev–Trinajstić information content (AvgIpc) is 3.23. The summed E-state index contributed by atoms with van der Waals surface area (Å²) in [6, 6.07) is 13.5. The molecule has 2 heterocycles. The van der Waals surface area contributed by atoms with Crippen molar-refractivity contribution in [3.63, 3.8) is 0 Å². The van der Waals surface area contributed by atoms with E-state index in [2.05, 4.69) is 10.3 Å². The molecule has 1 N–H and O–H groups in total. The van der Waals surface area contributed by atoms with Crippen molar-refractivity contribution in [3.05, 3.63) is 71.1 Å². The highest BCUT2D eigenvalue weighted by Crippen LogP contribution is 2.31. The zero-order chi connectivity index (χ0) is 16.9. The first-order valence-electron chi connectivity index (χ1n) is 7.68. The Labute approximate surface area is 144 Å². The molecule has 3 aromatic rings. The molecule has 0 aliphatic carbocycles. The van der Waals surface area contributed by atoms with Crippen LogP contribution >= 0.6 is 11.3 Å². The molecule has 3 rings (SSSR count). The van der Waals surface area contributed by atoms with Gasteiger partial charge in [0.25, 0.3) is 0 Å². The van der Waals surface area contributed by atoms with Crippen LogP contribution in [-0.4, -0.2) is 10.9 Å². The quantitative estimate of drug-likeness (QED) is 0.692. The van der Waals surface area contributed by atoms with E-state index >= 15 is 0 Å². The molecule has 0 aliphatic heterocycles. The lowest BCUT2D eigenvalue weighted by Gasteiger charge is -2.10. The van der Waals surface area contributed by atoms with Gasteiger partial charge in [-0.05, 0) is 32.1 Å². The van der Waals surface area contributed by atoms with Crippen molar-refractivity contribution in [3.8, 4) is 10.6 Å². The Balaban J connectivity index is 1.70. The number of hydrogen-bond donors (Lipinski definition) is 1. The Morgan fingerprint density at radius 1 is 1.25 bits per heavy atom. The van der Waals surface area contributed by atoms with Crippen LogP contribution in [0.5, 0.6) is 0 Å². The summed E-state index contributed by atoms with van der Waals surface area (Å²) >= 11 is 1.61. The smallest absolute Gasteiger partial charge is 0.244 e. The average molecular weight is 338 g/mol. The Morgan fingerprint density at radius 2 is 2.04 bits per heavy atom. The number of nitrogens with one attached hydrogen (secondary N) is 1. The maximum atomic E-state index is 12.1. The highest BCUT2D eigenvalue weighted by atomic mass is 32.1. The highest BCUT2D eigenvalue weighted by Gasteiger charge is 2.16. The lowest BCUT2D eigenvalue weighted by atomic mass is 10.2. The maximum Gasteiger partial charge on any atom is 0.244 e. The number of carbonyl (C=O) groups is 1. The lowest BCUT2D eigenvalue weighted by Crippen LogP contribution is -2.24. The molecular formula is C19H18N2O2S. The number of aromatic nitrogens is 1. The first-order chi connectivity index (χ1) is 11.6. The molecular weight excluding hydrogens is 320 g/mol. The van der Waals surface area contributed by atoms with E-state index in [9.17, 15) is 4.79 Å². The van der Waals surface area contributed by atoms with Crippen LogP contribution in [0, 0.1) is 6.92 Å². The standard InChI is InChI=1S/C19H18N2O2S/c1-13(20-17(22)11-10-16-9-6-12-23-16)18-14(2)21-19(24-18)15-7-4-3-5-8-15/h3-13H,1-2H3,(H,20,22). The van der Waals surface area contributed by atoms with Crippen molar-refractivity contribution in [2.24, 2.45) is 0 Å². The molecule has 0 saturated heterocycles. The molecule has 4 nitrogen and oxygen atoms in total. The van der Waals surface area contributed by atoms with Crippen LogP contribution in [0.4, 0.5) is 0 Å². The molecule has 5 heteroatoms. The van der Waals surface area contributed by atoms with E-state index in [1.54, 1.807) is 35.8 Å². The summed E-state index contributed by atoms with van der Waals surface area (Å²) in [5, 5.41) is 3.94. The van der Waals surface area contributed by atoms with Crippen LogP contribution in [0.25, 0.3) is 16.6 Å². The predicted molar refractivity (Wildman–Crippen MR) is 96.6 cm³/mol. The van der Waals surface area contributed by atoms with Crippen LogP contribution in [0.3, 0.4) is 0 Å². The predicted octanol–water partition coefficient (Wildman–Crippen LogP) is 4.60. The zero-order valence-electron chi connectivity index (χ0n) is 13.5.